The zero-order chi connectivity index (χ0) is 15.9. The standard InChI is InChI=1S/C16H15F2NO3/c17-12-5-6-14(18)13(9-12)16(21)19-10-11-3-1-2-4-15(11)22-8-7-20/h1-6,9,20H,7-8,10H2,(H,19,21). The van der Waals surface area contributed by atoms with Gasteiger partial charge in [-0.05, 0) is 24.3 Å². The van der Waals surface area contributed by atoms with Gasteiger partial charge in [0.2, 0.25) is 0 Å². The lowest BCUT2D eigenvalue weighted by Gasteiger charge is -2.11. The minimum Gasteiger partial charge on any atom is -0.491 e. The Labute approximate surface area is 126 Å². The number of carbonyl (C=O) groups is 1. The smallest absolute Gasteiger partial charge is 0.254 e. The van der Waals surface area contributed by atoms with Crippen molar-refractivity contribution >= 4 is 5.91 Å². The lowest BCUT2D eigenvalue weighted by Crippen LogP contribution is -2.24. The van der Waals surface area contributed by atoms with Crippen molar-refractivity contribution in [3.05, 3.63) is 65.2 Å². The molecule has 0 aliphatic carbocycles. The van der Waals surface area contributed by atoms with Gasteiger partial charge in [-0.2, -0.15) is 0 Å². The van der Waals surface area contributed by atoms with Gasteiger partial charge in [0, 0.05) is 12.1 Å². The molecule has 116 valence electrons. The number of nitrogens with one attached hydrogen (secondary N) is 1. The van der Waals surface area contributed by atoms with Gasteiger partial charge in [0.15, 0.2) is 0 Å². The monoisotopic (exact) mass is 307 g/mol. The van der Waals surface area contributed by atoms with E-state index in [2.05, 4.69) is 5.32 Å². The molecule has 0 saturated carbocycles. The highest BCUT2D eigenvalue weighted by Crippen LogP contribution is 2.18. The first-order valence-corrected chi connectivity index (χ1v) is 6.66. The molecule has 0 heterocycles. The van der Waals surface area contributed by atoms with Crippen LogP contribution in [0.25, 0.3) is 0 Å². The average Bonchev–Trinajstić information content (AvgIpc) is 2.53. The Balaban J connectivity index is 2.06. The zero-order valence-corrected chi connectivity index (χ0v) is 11.7. The van der Waals surface area contributed by atoms with Crippen LogP contribution in [0.3, 0.4) is 0 Å². The molecule has 0 fully saturated rings. The van der Waals surface area contributed by atoms with Crippen molar-refractivity contribution in [3.8, 4) is 5.75 Å². The molecule has 0 spiro atoms. The van der Waals surface area contributed by atoms with Crippen LogP contribution in [-0.4, -0.2) is 24.2 Å². The maximum Gasteiger partial charge on any atom is 0.254 e. The Morgan fingerprint density at radius 1 is 1.18 bits per heavy atom. The molecule has 0 bridgehead atoms. The number of carbonyl (C=O) groups excluding carboxylic acids is 1. The number of ether oxygens (including phenoxy) is 1. The summed E-state index contributed by atoms with van der Waals surface area (Å²) in [6, 6.07) is 9.64. The Kier molecular flexibility index (Phi) is 5.43. The summed E-state index contributed by atoms with van der Waals surface area (Å²) in [4.78, 5) is 11.9. The molecule has 2 rings (SSSR count). The minimum absolute atomic E-state index is 0.0936. The van der Waals surface area contributed by atoms with Crippen molar-refractivity contribution in [2.75, 3.05) is 13.2 Å². The minimum atomic E-state index is -0.788. The predicted octanol–water partition coefficient (Wildman–Crippen LogP) is 2.27. The van der Waals surface area contributed by atoms with E-state index in [0.717, 1.165) is 18.2 Å². The van der Waals surface area contributed by atoms with E-state index in [-0.39, 0.29) is 25.3 Å². The summed E-state index contributed by atoms with van der Waals surface area (Å²) < 4.78 is 31.9. The molecular formula is C16H15F2NO3. The highest BCUT2D eigenvalue weighted by atomic mass is 19.1. The second kappa shape index (κ2) is 7.51. The molecule has 2 N–H and O–H groups in total. The van der Waals surface area contributed by atoms with Gasteiger partial charge < -0.3 is 15.2 Å². The van der Waals surface area contributed by atoms with Crippen molar-refractivity contribution in [1.29, 1.82) is 0 Å². The van der Waals surface area contributed by atoms with Crippen LogP contribution >= 0.6 is 0 Å². The van der Waals surface area contributed by atoms with Crippen LogP contribution in [0.4, 0.5) is 8.78 Å². The SMILES string of the molecule is O=C(NCc1ccccc1OCCO)c1cc(F)ccc1F. The van der Waals surface area contributed by atoms with Gasteiger partial charge in [0.05, 0.1) is 12.2 Å². The fourth-order valence-corrected chi connectivity index (χ4v) is 1.89. The third kappa shape index (κ3) is 4.02. The lowest BCUT2D eigenvalue weighted by atomic mass is 10.1. The molecule has 0 unspecified atom stereocenters. The molecule has 2 aromatic rings. The molecule has 4 nitrogen and oxygen atoms in total. The summed E-state index contributed by atoms with van der Waals surface area (Å²) in [7, 11) is 0. The molecule has 0 aliphatic rings. The van der Waals surface area contributed by atoms with Gasteiger partial charge in [-0.3, -0.25) is 4.79 Å². The number of aliphatic hydroxyl groups is 1. The van der Waals surface area contributed by atoms with Crippen molar-refractivity contribution < 1.29 is 23.4 Å². The summed E-state index contributed by atoms with van der Waals surface area (Å²) >= 11 is 0. The third-order valence-corrected chi connectivity index (χ3v) is 2.93. The summed E-state index contributed by atoms with van der Waals surface area (Å²) in [6.07, 6.45) is 0. The fourth-order valence-electron chi connectivity index (χ4n) is 1.89. The second-order valence-electron chi connectivity index (χ2n) is 4.49. The first-order chi connectivity index (χ1) is 10.6. The first kappa shape index (κ1) is 15.9. The number of benzene rings is 2. The van der Waals surface area contributed by atoms with E-state index < -0.39 is 17.5 Å². The maximum absolute atomic E-state index is 13.5. The second-order valence-corrected chi connectivity index (χ2v) is 4.49. The molecule has 0 saturated heterocycles. The molecule has 0 aliphatic heterocycles. The zero-order valence-electron chi connectivity index (χ0n) is 11.7. The van der Waals surface area contributed by atoms with E-state index in [1.165, 1.54) is 0 Å². The molecule has 2 aromatic carbocycles. The van der Waals surface area contributed by atoms with Crippen LogP contribution in [0, 0.1) is 11.6 Å². The molecular weight excluding hydrogens is 292 g/mol. The van der Waals surface area contributed by atoms with E-state index in [9.17, 15) is 13.6 Å². The van der Waals surface area contributed by atoms with E-state index >= 15 is 0 Å². The van der Waals surface area contributed by atoms with E-state index in [1.54, 1.807) is 24.3 Å². The van der Waals surface area contributed by atoms with Crippen molar-refractivity contribution in [2.45, 2.75) is 6.54 Å². The Morgan fingerprint density at radius 2 is 1.95 bits per heavy atom. The highest BCUT2D eigenvalue weighted by Gasteiger charge is 2.13. The number of halogens is 2. The van der Waals surface area contributed by atoms with Crippen LogP contribution in [0.2, 0.25) is 0 Å². The predicted molar refractivity (Wildman–Crippen MR) is 76.6 cm³/mol. The van der Waals surface area contributed by atoms with Crippen LogP contribution in [0.1, 0.15) is 15.9 Å². The largest absolute Gasteiger partial charge is 0.491 e. The highest BCUT2D eigenvalue weighted by molar-refractivity contribution is 5.94. The van der Waals surface area contributed by atoms with E-state index in [0.29, 0.717) is 11.3 Å². The fraction of sp³-hybridized carbons (Fsp3) is 0.188. The number of amides is 1. The topological polar surface area (TPSA) is 58.6 Å². The number of para-hydroxylation sites is 1. The summed E-state index contributed by atoms with van der Waals surface area (Å²) in [5.74, 6) is -1.67. The van der Waals surface area contributed by atoms with Crippen molar-refractivity contribution in [3.63, 3.8) is 0 Å². The first-order valence-electron chi connectivity index (χ1n) is 6.66. The number of rotatable bonds is 6. The Bertz CT molecular complexity index is 662. The van der Waals surface area contributed by atoms with Crippen LogP contribution < -0.4 is 10.1 Å². The van der Waals surface area contributed by atoms with Gasteiger partial charge in [-0.1, -0.05) is 18.2 Å². The molecule has 6 heteroatoms. The van der Waals surface area contributed by atoms with Crippen LogP contribution in [-0.2, 0) is 6.54 Å². The Morgan fingerprint density at radius 3 is 2.73 bits per heavy atom. The van der Waals surface area contributed by atoms with Gasteiger partial charge in [0.1, 0.15) is 24.0 Å². The van der Waals surface area contributed by atoms with Gasteiger partial charge in [-0.15, -0.1) is 0 Å². The van der Waals surface area contributed by atoms with Crippen LogP contribution in [0.15, 0.2) is 42.5 Å². The van der Waals surface area contributed by atoms with Gasteiger partial charge >= 0.3 is 0 Å². The Hall–Kier alpha value is -2.47. The lowest BCUT2D eigenvalue weighted by molar-refractivity contribution is 0.0946. The molecule has 0 radical (unpaired) electrons. The quantitative estimate of drug-likeness (QED) is 0.860. The molecule has 0 atom stereocenters. The normalized spacial score (nSPS) is 10.3. The molecule has 22 heavy (non-hydrogen) atoms. The number of hydrogen-bond acceptors (Lipinski definition) is 3. The summed E-state index contributed by atoms with van der Waals surface area (Å²) in [6.45, 7) is 0.0923. The number of hydrogen-bond donors (Lipinski definition) is 2. The van der Waals surface area contributed by atoms with Crippen molar-refractivity contribution in [1.82, 2.24) is 5.32 Å². The van der Waals surface area contributed by atoms with Gasteiger partial charge in [0.25, 0.3) is 5.91 Å². The maximum atomic E-state index is 13.5. The van der Waals surface area contributed by atoms with Crippen molar-refractivity contribution in [2.24, 2.45) is 0 Å². The third-order valence-electron chi connectivity index (χ3n) is 2.93. The van der Waals surface area contributed by atoms with Crippen LogP contribution in [0.5, 0.6) is 5.75 Å². The molecule has 1 amide bonds. The summed E-state index contributed by atoms with van der Waals surface area (Å²) in [5, 5.41) is 11.3. The van der Waals surface area contributed by atoms with E-state index in [4.69, 9.17) is 9.84 Å². The number of aliphatic hydroxyl groups excluding tert-OH is 1. The average molecular weight is 307 g/mol. The van der Waals surface area contributed by atoms with Gasteiger partial charge in [-0.25, -0.2) is 8.78 Å². The van der Waals surface area contributed by atoms with E-state index in [1.807, 2.05) is 0 Å². The summed E-state index contributed by atoms with van der Waals surface area (Å²) in [5.41, 5.74) is 0.315. The molecule has 0 aromatic heterocycles.